The molecule has 2 aromatic rings. The van der Waals surface area contributed by atoms with Gasteiger partial charge in [-0.25, -0.2) is 5.43 Å². The third-order valence-electron chi connectivity index (χ3n) is 2.47. The molecule has 2 aromatic heterocycles. The quantitative estimate of drug-likeness (QED) is 0.477. The molecular weight excluding hydrogens is 270 g/mol. The van der Waals surface area contributed by atoms with Gasteiger partial charge in [0.25, 0.3) is 0 Å². The number of aromatic nitrogens is 2. The fraction of sp³-hybridized carbons (Fsp3) is 0.0714. The highest BCUT2D eigenvalue weighted by Crippen LogP contribution is 1.94. The van der Waals surface area contributed by atoms with Crippen LogP contribution in [0.15, 0.2) is 54.2 Å². The van der Waals surface area contributed by atoms with Crippen molar-refractivity contribution in [3.63, 3.8) is 0 Å². The lowest BCUT2D eigenvalue weighted by molar-refractivity contribution is -0.139. The van der Waals surface area contributed by atoms with E-state index in [4.69, 9.17) is 0 Å². The van der Waals surface area contributed by atoms with Crippen LogP contribution in [0, 0.1) is 0 Å². The summed E-state index contributed by atoms with van der Waals surface area (Å²) in [6.07, 6.45) is 7.84. The van der Waals surface area contributed by atoms with Gasteiger partial charge in [-0.1, -0.05) is 6.07 Å². The Morgan fingerprint density at radius 2 is 1.90 bits per heavy atom. The molecule has 2 N–H and O–H groups in total. The number of carbonyl (C=O) groups excluding carboxylic acids is 2. The SMILES string of the molecule is O=C(NCc1ccncc1)C(=O)N/N=C\c1cccnc1. The predicted octanol–water partition coefficient (Wildman–Crippen LogP) is 0.243. The smallest absolute Gasteiger partial charge is 0.329 e. The summed E-state index contributed by atoms with van der Waals surface area (Å²) in [6.45, 7) is 0.251. The van der Waals surface area contributed by atoms with Crippen LogP contribution in [0.4, 0.5) is 0 Å². The number of amides is 2. The monoisotopic (exact) mass is 283 g/mol. The van der Waals surface area contributed by atoms with Crippen molar-refractivity contribution >= 4 is 18.0 Å². The number of rotatable bonds is 4. The lowest BCUT2D eigenvalue weighted by Gasteiger charge is -2.03. The van der Waals surface area contributed by atoms with Crippen LogP contribution in [0.25, 0.3) is 0 Å². The Balaban J connectivity index is 1.78. The number of nitrogens with zero attached hydrogens (tertiary/aromatic N) is 3. The Hall–Kier alpha value is -3.09. The second-order valence-electron chi connectivity index (χ2n) is 4.02. The molecule has 0 spiro atoms. The van der Waals surface area contributed by atoms with Crippen LogP contribution in [0.3, 0.4) is 0 Å². The summed E-state index contributed by atoms with van der Waals surface area (Å²) in [4.78, 5) is 30.8. The van der Waals surface area contributed by atoms with Gasteiger partial charge in [0, 0.05) is 36.9 Å². The van der Waals surface area contributed by atoms with Crippen molar-refractivity contribution in [1.29, 1.82) is 0 Å². The fourth-order valence-corrected chi connectivity index (χ4v) is 1.43. The molecule has 0 aliphatic carbocycles. The Labute approximate surface area is 121 Å². The molecule has 0 aliphatic rings. The maximum atomic E-state index is 11.5. The first-order chi connectivity index (χ1) is 10.3. The second kappa shape index (κ2) is 7.49. The van der Waals surface area contributed by atoms with Crippen LogP contribution in [0.2, 0.25) is 0 Å². The summed E-state index contributed by atoms with van der Waals surface area (Å²) in [7, 11) is 0. The Morgan fingerprint density at radius 3 is 2.62 bits per heavy atom. The van der Waals surface area contributed by atoms with Crippen LogP contribution in [0.5, 0.6) is 0 Å². The molecule has 2 rings (SSSR count). The van der Waals surface area contributed by atoms with Crippen LogP contribution in [-0.2, 0) is 16.1 Å². The van der Waals surface area contributed by atoms with Crippen molar-refractivity contribution in [1.82, 2.24) is 20.7 Å². The molecule has 0 aliphatic heterocycles. The highest BCUT2D eigenvalue weighted by atomic mass is 16.2. The zero-order chi connectivity index (χ0) is 14.9. The minimum atomic E-state index is -0.829. The number of hydrogen-bond donors (Lipinski definition) is 2. The summed E-state index contributed by atoms with van der Waals surface area (Å²) in [6, 6.07) is 7.01. The number of pyridine rings is 2. The van der Waals surface area contributed by atoms with E-state index in [-0.39, 0.29) is 6.54 Å². The van der Waals surface area contributed by atoms with Crippen molar-refractivity contribution in [2.45, 2.75) is 6.54 Å². The standard InChI is InChI=1S/C14H13N5O2/c20-13(17-9-11-3-6-15-7-4-11)14(21)19-18-10-12-2-1-5-16-8-12/h1-8,10H,9H2,(H,17,20)(H,19,21)/b18-10-. The van der Waals surface area contributed by atoms with E-state index in [9.17, 15) is 9.59 Å². The van der Waals surface area contributed by atoms with Crippen LogP contribution >= 0.6 is 0 Å². The Bertz CT molecular complexity index is 628. The van der Waals surface area contributed by atoms with Gasteiger partial charge in [0.15, 0.2) is 0 Å². The topological polar surface area (TPSA) is 96.3 Å². The van der Waals surface area contributed by atoms with Gasteiger partial charge in [-0.05, 0) is 23.8 Å². The van der Waals surface area contributed by atoms with Crippen molar-refractivity contribution in [3.8, 4) is 0 Å². The van der Waals surface area contributed by atoms with Gasteiger partial charge in [0.05, 0.1) is 6.21 Å². The third kappa shape index (κ3) is 4.83. The highest BCUT2D eigenvalue weighted by Gasteiger charge is 2.11. The van der Waals surface area contributed by atoms with E-state index in [1.807, 2.05) is 0 Å². The summed E-state index contributed by atoms with van der Waals surface area (Å²) >= 11 is 0. The van der Waals surface area contributed by atoms with Gasteiger partial charge in [-0.15, -0.1) is 0 Å². The molecule has 0 atom stereocenters. The average molecular weight is 283 g/mol. The maximum absolute atomic E-state index is 11.5. The third-order valence-corrected chi connectivity index (χ3v) is 2.47. The van der Waals surface area contributed by atoms with E-state index < -0.39 is 11.8 Å². The lowest BCUT2D eigenvalue weighted by atomic mass is 10.3. The van der Waals surface area contributed by atoms with Crippen molar-refractivity contribution in [2.75, 3.05) is 0 Å². The first-order valence-electron chi connectivity index (χ1n) is 6.16. The summed E-state index contributed by atoms with van der Waals surface area (Å²) < 4.78 is 0. The molecular formula is C14H13N5O2. The fourth-order valence-electron chi connectivity index (χ4n) is 1.43. The largest absolute Gasteiger partial charge is 0.344 e. The number of nitrogens with one attached hydrogen (secondary N) is 2. The zero-order valence-electron chi connectivity index (χ0n) is 11.1. The van der Waals surface area contributed by atoms with Crippen LogP contribution < -0.4 is 10.7 Å². The minimum Gasteiger partial charge on any atom is -0.344 e. The van der Waals surface area contributed by atoms with Gasteiger partial charge in [0.1, 0.15) is 0 Å². The molecule has 0 aromatic carbocycles. The van der Waals surface area contributed by atoms with E-state index in [1.54, 1.807) is 49.1 Å². The number of carbonyl (C=O) groups is 2. The zero-order valence-corrected chi connectivity index (χ0v) is 11.1. The summed E-state index contributed by atoms with van der Waals surface area (Å²) in [5, 5.41) is 6.16. The van der Waals surface area contributed by atoms with Crippen molar-refractivity contribution in [3.05, 3.63) is 60.2 Å². The molecule has 0 bridgehead atoms. The number of hydrazone groups is 1. The van der Waals surface area contributed by atoms with Crippen LogP contribution in [-0.4, -0.2) is 28.0 Å². The summed E-state index contributed by atoms with van der Waals surface area (Å²) in [5.41, 5.74) is 3.71. The molecule has 2 heterocycles. The van der Waals surface area contributed by atoms with E-state index >= 15 is 0 Å². The molecule has 7 heteroatoms. The van der Waals surface area contributed by atoms with Gasteiger partial charge in [0.2, 0.25) is 0 Å². The van der Waals surface area contributed by atoms with E-state index in [2.05, 4.69) is 25.8 Å². The van der Waals surface area contributed by atoms with E-state index in [1.165, 1.54) is 6.21 Å². The normalized spacial score (nSPS) is 10.3. The number of hydrogen-bond acceptors (Lipinski definition) is 5. The van der Waals surface area contributed by atoms with E-state index in [0.29, 0.717) is 0 Å². The molecule has 106 valence electrons. The van der Waals surface area contributed by atoms with Gasteiger partial charge >= 0.3 is 11.8 Å². The maximum Gasteiger partial charge on any atom is 0.329 e. The Kier molecular flexibility index (Phi) is 5.11. The van der Waals surface area contributed by atoms with Gasteiger partial charge in [-0.3, -0.25) is 19.6 Å². The second-order valence-corrected chi connectivity index (χ2v) is 4.02. The van der Waals surface area contributed by atoms with Gasteiger partial charge in [-0.2, -0.15) is 5.10 Å². The molecule has 0 radical (unpaired) electrons. The molecule has 0 saturated carbocycles. The first kappa shape index (κ1) is 14.3. The highest BCUT2D eigenvalue weighted by molar-refractivity contribution is 6.35. The van der Waals surface area contributed by atoms with E-state index in [0.717, 1.165) is 11.1 Å². The minimum absolute atomic E-state index is 0.251. The first-order valence-corrected chi connectivity index (χ1v) is 6.16. The molecule has 0 fully saturated rings. The molecule has 7 nitrogen and oxygen atoms in total. The summed E-state index contributed by atoms with van der Waals surface area (Å²) in [5.74, 6) is -1.58. The van der Waals surface area contributed by atoms with Crippen LogP contribution in [0.1, 0.15) is 11.1 Å². The molecule has 21 heavy (non-hydrogen) atoms. The predicted molar refractivity (Wildman–Crippen MR) is 76.1 cm³/mol. The van der Waals surface area contributed by atoms with Crippen molar-refractivity contribution < 1.29 is 9.59 Å². The lowest BCUT2D eigenvalue weighted by Crippen LogP contribution is -2.37. The molecule has 0 unspecified atom stereocenters. The molecule has 0 saturated heterocycles. The molecule has 2 amide bonds. The van der Waals surface area contributed by atoms with Crippen molar-refractivity contribution in [2.24, 2.45) is 5.10 Å². The Morgan fingerprint density at radius 1 is 1.10 bits per heavy atom. The van der Waals surface area contributed by atoms with Gasteiger partial charge < -0.3 is 5.32 Å². The average Bonchev–Trinajstić information content (AvgIpc) is 2.54.